The summed E-state index contributed by atoms with van der Waals surface area (Å²) in [6, 6.07) is 0. The topological polar surface area (TPSA) is 0 Å². The molecule has 0 bridgehead atoms. The Hall–Kier alpha value is -0.0400. The van der Waals surface area contributed by atoms with E-state index in [1.807, 2.05) is 19.1 Å². The van der Waals surface area contributed by atoms with Gasteiger partial charge in [0, 0.05) is 4.83 Å². The molecule has 1 heteroatoms. The third-order valence-electron chi connectivity index (χ3n) is 0.793. The third-order valence-corrected chi connectivity index (χ3v) is 1.47. The molecule has 0 aromatic heterocycles. The lowest BCUT2D eigenvalue weighted by Crippen LogP contribution is -1.86. The molecule has 0 amide bonds. The van der Waals surface area contributed by atoms with E-state index in [9.17, 15) is 0 Å². The van der Waals surface area contributed by atoms with Gasteiger partial charge in [-0.1, -0.05) is 34.2 Å². The average Bonchev–Trinajstić information content (AvgIpc) is 1.68. The van der Waals surface area contributed by atoms with Crippen molar-refractivity contribution >= 4 is 15.9 Å². The maximum Gasteiger partial charge on any atom is 0.0359 e. The van der Waals surface area contributed by atoms with E-state index >= 15 is 0 Å². The monoisotopic (exact) mass is 174 g/mol. The predicted octanol–water partition coefficient (Wildman–Crippen LogP) is 2.90. The molecule has 8 heavy (non-hydrogen) atoms. The lowest BCUT2D eigenvalue weighted by atomic mass is 10.3. The smallest absolute Gasteiger partial charge is 0.0359 e. The molecule has 0 N–H and O–H groups in total. The molecule has 0 aromatic carbocycles. The van der Waals surface area contributed by atoms with Crippen LogP contribution in [0, 0.1) is 0 Å². The van der Waals surface area contributed by atoms with Crippen LogP contribution in [0.15, 0.2) is 24.8 Å². The van der Waals surface area contributed by atoms with Gasteiger partial charge in [-0.15, -0.1) is 6.58 Å². The predicted molar refractivity (Wildman–Crippen MR) is 42.3 cm³/mol. The van der Waals surface area contributed by atoms with Crippen LogP contribution in [0.25, 0.3) is 0 Å². The normalized spacial score (nSPS) is 14.2. The van der Waals surface area contributed by atoms with E-state index in [1.165, 1.54) is 0 Å². The van der Waals surface area contributed by atoms with Gasteiger partial charge < -0.3 is 0 Å². The van der Waals surface area contributed by atoms with Gasteiger partial charge in [-0.25, -0.2) is 0 Å². The summed E-state index contributed by atoms with van der Waals surface area (Å²) in [6.07, 6.45) is 7.04. The number of rotatable bonds is 3. The minimum Gasteiger partial charge on any atom is -0.103 e. The summed E-state index contributed by atoms with van der Waals surface area (Å²) in [6.45, 7) is 5.63. The van der Waals surface area contributed by atoms with Gasteiger partial charge in [0.25, 0.3) is 0 Å². The van der Waals surface area contributed by atoms with Crippen LogP contribution in [-0.2, 0) is 0 Å². The van der Waals surface area contributed by atoms with E-state index in [0.717, 1.165) is 6.42 Å². The number of hydrogen-bond donors (Lipinski definition) is 0. The molecular weight excluding hydrogens is 164 g/mol. The second kappa shape index (κ2) is 5.10. The molecule has 0 spiro atoms. The van der Waals surface area contributed by atoms with Crippen molar-refractivity contribution in [2.45, 2.75) is 18.2 Å². The molecule has 0 saturated heterocycles. The molecule has 0 rings (SSSR count). The van der Waals surface area contributed by atoms with Gasteiger partial charge in [0.1, 0.15) is 0 Å². The van der Waals surface area contributed by atoms with Crippen LogP contribution in [0.3, 0.4) is 0 Å². The van der Waals surface area contributed by atoms with Crippen LogP contribution < -0.4 is 0 Å². The number of allylic oxidation sites excluding steroid dienone is 3. The van der Waals surface area contributed by atoms with Crippen LogP contribution in [0.1, 0.15) is 13.3 Å². The van der Waals surface area contributed by atoms with Gasteiger partial charge in [0.05, 0.1) is 0 Å². The van der Waals surface area contributed by atoms with Crippen LogP contribution >= 0.6 is 15.9 Å². The number of hydrogen-bond acceptors (Lipinski definition) is 0. The Bertz CT molecular complexity index is 84.4. The molecule has 0 heterocycles. The fourth-order valence-electron chi connectivity index (χ4n) is 0.447. The fraction of sp³-hybridized carbons (Fsp3) is 0.429. The highest BCUT2D eigenvalue weighted by Gasteiger charge is 1.90. The molecule has 1 unspecified atom stereocenters. The summed E-state index contributed by atoms with van der Waals surface area (Å²) in [7, 11) is 0. The van der Waals surface area contributed by atoms with Crippen LogP contribution in [0.5, 0.6) is 0 Å². The van der Waals surface area contributed by atoms with Crippen molar-refractivity contribution in [1.82, 2.24) is 0 Å². The zero-order valence-electron chi connectivity index (χ0n) is 5.10. The van der Waals surface area contributed by atoms with Crippen molar-refractivity contribution in [3.05, 3.63) is 24.8 Å². The Morgan fingerprint density at radius 1 is 1.75 bits per heavy atom. The third kappa shape index (κ3) is 4.13. The van der Waals surface area contributed by atoms with Crippen LogP contribution in [0.2, 0.25) is 0 Å². The van der Waals surface area contributed by atoms with Gasteiger partial charge in [0.15, 0.2) is 0 Å². The lowest BCUT2D eigenvalue weighted by Gasteiger charge is -1.94. The van der Waals surface area contributed by atoms with Crippen LogP contribution in [0.4, 0.5) is 0 Å². The molecule has 0 aromatic rings. The minimum atomic E-state index is 0.477. The van der Waals surface area contributed by atoms with E-state index < -0.39 is 0 Å². The largest absolute Gasteiger partial charge is 0.103 e. The summed E-state index contributed by atoms with van der Waals surface area (Å²) in [5, 5.41) is 0. The Kier molecular flexibility index (Phi) is 5.08. The molecule has 46 valence electrons. The highest BCUT2D eigenvalue weighted by atomic mass is 79.9. The zero-order valence-corrected chi connectivity index (χ0v) is 6.69. The molecule has 0 aliphatic rings. The maximum atomic E-state index is 3.62. The fourth-order valence-corrected chi connectivity index (χ4v) is 1.02. The van der Waals surface area contributed by atoms with Gasteiger partial charge in [0.2, 0.25) is 0 Å². The second-order valence-electron chi connectivity index (χ2n) is 1.57. The molecule has 0 nitrogen and oxygen atoms in total. The first kappa shape index (κ1) is 7.96. The molecule has 0 radical (unpaired) electrons. The van der Waals surface area contributed by atoms with E-state index in [2.05, 4.69) is 28.6 Å². The van der Waals surface area contributed by atoms with E-state index in [1.54, 1.807) is 0 Å². The van der Waals surface area contributed by atoms with Crippen molar-refractivity contribution in [3.63, 3.8) is 0 Å². The Labute approximate surface area is 59.4 Å². The Morgan fingerprint density at radius 3 is 2.75 bits per heavy atom. The van der Waals surface area contributed by atoms with Gasteiger partial charge in [-0.3, -0.25) is 0 Å². The van der Waals surface area contributed by atoms with Crippen molar-refractivity contribution in [2.24, 2.45) is 0 Å². The van der Waals surface area contributed by atoms with E-state index in [-0.39, 0.29) is 0 Å². The summed E-state index contributed by atoms with van der Waals surface area (Å²) in [5.74, 6) is 0. The highest BCUT2D eigenvalue weighted by Crippen LogP contribution is 2.05. The summed E-state index contributed by atoms with van der Waals surface area (Å²) in [5.41, 5.74) is 0. The average molecular weight is 175 g/mol. The standard InChI is InChI=1S/C7H11Br/c1-3-5-7(8)6-4-2/h3-4,6-7H,1,5H2,2H3/b6-4+. The van der Waals surface area contributed by atoms with Crippen molar-refractivity contribution in [2.75, 3.05) is 0 Å². The Morgan fingerprint density at radius 2 is 2.38 bits per heavy atom. The first-order valence-electron chi connectivity index (χ1n) is 2.69. The molecular formula is C7H11Br. The lowest BCUT2D eigenvalue weighted by molar-refractivity contribution is 1.09. The van der Waals surface area contributed by atoms with Crippen LogP contribution in [-0.4, -0.2) is 4.83 Å². The van der Waals surface area contributed by atoms with Gasteiger partial charge in [-0.2, -0.15) is 0 Å². The highest BCUT2D eigenvalue weighted by molar-refractivity contribution is 9.09. The molecule has 0 aliphatic heterocycles. The number of alkyl halides is 1. The van der Waals surface area contributed by atoms with E-state index in [0.29, 0.717) is 4.83 Å². The molecule has 0 fully saturated rings. The van der Waals surface area contributed by atoms with Gasteiger partial charge in [-0.05, 0) is 13.3 Å². The van der Waals surface area contributed by atoms with E-state index in [4.69, 9.17) is 0 Å². The molecule has 0 saturated carbocycles. The summed E-state index contributed by atoms with van der Waals surface area (Å²) < 4.78 is 0. The maximum absolute atomic E-state index is 3.62. The minimum absolute atomic E-state index is 0.477. The zero-order chi connectivity index (χ0) is 6.41. The number of halogens is 1. The molecule has 1 atom stereocenters. The van der Waals surface area contributed by atoms with Crippen molar-refractivity contribution in [3.8, 4) is 0 Å². The van der Waals surface area contributed by atoms with Gasteiger partial charge >= 0.3 is 0 Å². The Balaban J connectivity index is 3.31. The quantitative estimate of drug-likeness (QED) is 0.457. The first-order valence-corrected chi connectivity index (χ1v) is 3.60. The summed E-state index contributed by atoms with van der Waals surface area (Å²) in [4.78, 5) is 0.477. The SMILES string of the molecule is C=CCC(Br)/C=C/C. The van der Waals surface area contributed by atoms with Crippen molar-refractivity contribution in [1.29, 1.82) is 0 Å². The molecule has 0 aliphatic carbocycles. The van der Waals surface area contributed by atoms with Crippen molar-refractivity contribution < 1.29 is 0 Å². The summed E-state index contributed by atoms with van der Waals surface area (Å²) >= 11 is 3.44. The first-order chi connectivity index (χ1) is 3.81. The second-order valence-corrected chi connectivity index (χ2v) is 2.74.